The first-order chi connectivity index (χ1) is 11.7. The summed E-state index contributed by atoms with van der Waals surface area (Å²) in [5.74, 6) is -0.0141. The van der Waals surface area contributed by atoms with Crippen LogP contribution in [0.4, 0.5) is 0 Å². The zero-order valence-corrected chi connectivity index (χ0v) is 13.1. The van der Waals surface area contributed by atoms with Gasteiger partial charge in [0.15, 0.2) is 5.76 Å². The molecule has 1 aliphatic rings. The third-order valence-corrected chi connectivity index (χ3v) is 3.75. The Kier molecular flexibility index (Phi) is 4.77. The van der Waals surface area contributed by atoms with Crippen molar-refractivity contribution in [3.8, 4) is 5.88 Å². The van der Waals surface area contributed by atoms with Crippen LogP contribution in [0, 0.1) is 0 Å². The Hall–Kier alpha value is -2.86. The van der Waals surface area contributed by atoms with E-state index in [0.29, 0.717) is 12.8 Å². The Labute approximate surface area is 139 Å². The minimum atomic E-state index is -0.395. The Morgan fingerprint density at radius 1 is 1.33 bits per heavy atom. The number of aliphatic hydroxyl groups excluding tert-OH is 1. The van der Waals surface area contributed by atoms with Gasteiger partial charge in [-0.2, -0.15) is 0 Å². The number of nitrogens with zero attached hydrogens (tertiary/aromatic N) is 1. The van der Waals surface area contributed by atoms with Crippen LogP contribution < -0.4 is 10.5 Å². The molecule has 2 aromatic rings. The summed E-state index contributed by atoms with van der Waals surface area (Å²) in [4.78, 5) is 12.8. The standard InChI is InChI=1S/C18H18N2O4/c19-10-15-16(17(22)13-8-4-5-9-14(13)21)18(20-24-15)23-11-12-6-2-1-3-7-12/h1-4,6-8,21H,5,9-11,19H2. The van der Waals surface area contributed by atoms with E-state index in [1.165, 1.54) is 0 Å². The average molecular weight is 326 g/mol. The van der Waals surface area contributed by atoms with Crippen LogP contribution in [0.5, 0.6) is 5.88 Å². The lowest BCUT2D eigenvalue weighted by atomic mass is 9.97. The van der Waals surface area contributed by atoms with Gasteiger partial charge in [0.25, 0.3) is 5.88 Å². The maximum Gasteiger partial charge on any atom is 0.266 e. The second-order valence-electron chi connectivity index (χ2n) is 5.39. The first-order valence-corrected chi connectivity index (χ1v) is 7.69. The van der Waals surface area contributed by atoms with Crippen LogP contribution in [0.25, 0.3) is 0 Å². The highest BCUT2D eigenvalue weighted by atomic mass is 16.5. The van der Waals surface area contributed by atoms with Crippen molar-refractivity contribution >= 4 is 5.78 Å². The number of rotatable bonds is 6. The lowest BCUT2D eigenvalue weighted by Gasteiger charge is -2.10. The zero-order valence-electron chi connectivity index (χ0n) is 13.1. The van der Waals surface area contributed by atoms with E-state index in [1.54, 1.807) is 6.08 Å². The Bertz CT molecular complexity index is 791. The zero-order chi connectivity index (χ0) is 16.9. The molecule has 0 saturated carbocycles. The molecule has 0 fully saturated rings. The molecule has 6 nitrogen and oxygen atoms in total. The monoisotopic (exact) mass is 326 g/mol. The molecule has 1 aromatic carbocycles. The molecular weight excluding hydrogens is 308 g/mol. The molecule has 0 amide bonds. The topological polar surface area (TPSA) is 98.6 Å². The number of aromatic nitrogens is 1. The SMILES string of the molecule is NCc1onc(OCc2ccccc2)c1C(=O)C1=C(O)CCC=C1. The van der Waals surface area contributed by atoms with Gasteiger partial charge in [-0.05, 0) is 17.1 Å². The van der Waals surface area contributed by atoms with Gasteiger partial charge in [0, 0.05) is 6.42 Å². The highest BCUT2D eigenvalue weighted by molar-refractivity contribution is 6.12. The van der Waals surface area contributed by atoms with Gasteiger partial charge in [0.2, 0.25) is 5.78 Å². The van der Waals surface area contributed by atoms with Gasteiger partial charge in [-0.3, -0.25) is 4.79 Å². The van der Waals surface area contributed by atoms with Crippen molar-refractivity contribution in [2.75, 3.05) is 0 Å². The molecule has 1 aromatic heterocycles. The molecule has 0 bridgehead atoms. The minimum absolute atomic E-state index is 0.0144. The third-order valence-electron chi connectivity index (χ3n) is 3.75. The highest BCUT2D eigenvalue weighted by Crippen LogP contribution is 2.28. The van der Waals surface area contributed by atoms with Gasteiger partial charge in [0.05, 0.1) is 12.1 Å². The quantitative estimate of drug-likeness (QED) is 0.792. The van der Waals surface area contributed by atoms with Crippen LogP contribution in [-0.4, -0.2) is 16.0 Å². The molecule has 124 valence electrons. The molecule has 0 atom stereocenters. The number of hydrogen-bond acceptors (Lipinski definition) is 6. The van der Waals surface area contributed by atoms with Crippen LogP contribution in [0.15, 0.2) is 58.3 Å². The van der Waals surface area contributed by atoms with Crippen molar-refractivity contribution in [1.82, 2.24) is 5.16 Å². The maximum absolute atomic E-state index is 12.8. The van der Waals surface area contributed by atoms with Crippen molar-refractivity contribution in [1.29, 1.82) is 0 Å². The molecule has 0 aliphatic heterocycles. The molecule has 24 heavy (non-hydrogen) atoms. The van der Waals surface area contributed by atoms with Crippen molar-refractivity contribution in [3.63, 3.8) is 0 Å². The summed E-state index contributed by atoms with van der Waals surface area (Å²) < 4.78 is 10.8. The average Bonchev–Trinajstić information content (AvgIpc) is 3.03. The van der Waals surface area contributed by atoms with Gasteiger partial charge in [-0.25, -0.2) is 0 Å². The summed E-state index contributed by atoms with van der Waals surface area (Å²) in [6, 6.07) is 9.52. The van der Waals surface area contributed by atoms with Gasteiger partial charge in [-0.15, -0.1) is 0 Å². The molecule has 6 heteroatoms. The summed E-state index contributed by atoms with van der Waals surface area (Å²) >= 11 is 0. The van der Waals surface area contributed by atoms with E-state index >= 15 is 0 Å². The van der Waals surface area contributed by atoms with E-state index < -0.39 is 5.78 Å². The number of hydrogen-bond donors (Lipinski definition) is 2. The number of carbonyl (C=O) groups excluding carboxylic acids is 1. The summed E-state index contributed by atoms with van der Waals surface area (Å²) in [7, 11) is 0. The van der Waals surface area contributed by atoms with E-state index in [1.807, 2.05) is 36.4 Å². The number of Topliss-reactive ketones (excluding diaryl/α,β-unsaturated/α-hetero) is 1. The fraction of sp³-hybridized carbons (Fsp3) is 0.222. The van der Waals surface area contributed by atoms with Crippen LogP contribution in [0.2, 0.25) is 0 Å². The predicted octanol–water partition coefficient (Wildman–Crippen LogP) is 3.06. The number of ketones is 1. The van der Waals surface area contributed by atoms with Gasteiger partial charge in [0.1, 0.15) is 17.9 Å². The maximum atomic E-state index is 12.8. The Balaban J connectivity index is 1.88. The number of aliphatic hydroxyl groups is 1. The van der Waals surface area contributed by atoms with Gasteiger partial charge < -0.3 is 20.1 Å². The second kappa shape index (κ2) is 7.14. The second-order valence-corrected chi connectivity index (χ2v) is 5.39. The molecule has 0 spiro atoms. The molecule has 1 heterocycles. The minimum Gasteiger partial charge on any atom is -0.512 e. The van der Waals surface area contributed by atoms with E-state index in [-0.39, 0.29) is 41.7 Å². The smallest absolute Gasteiger partial charge is 0.266 e. The van der Waals surface area contributed by atoms with E-state index in [0.717, 1.165) is 5.56 Å². The number of carbonyl (C=O) groups is 1. The predicted molar refractivity (Wildman–Crippen MR) is 87.5 cm³/mol. The molecule has 3 N–H and O–H groups in total. The van der Waals surface area contributed by atoms with E-state index in [9.17, 15) is 9.90 Å². The molecule has 0 unspecified atom stereocenters. The summed E-state index contributed by atoms with van der Waals surface area (Å²) in [6.07, 6.45) is 4.58. The van der Waals surface area contributed by atoms with E-state index in [4.69, 9.17) is 15.0 Å². The molecule has 1 aliphatic carbocycles. The normalized spacial score (nSPS) is 14.0. The van der Waals surface area contributed by atoms with Crippen LogP contribution >= 0.6 is 0 Å². The summed E-state index contributed by atoms with van der Waals surface area (Å²) in [5, 5.41) is 13.8. The van der Waals surface area contributed by atoms with Gasteiger partial charge >= 0.3 is 0 Å². The lowest BCUT2D eigenvalue weighted by molar-refractivity contribution is 0.102. The number of ether oxygens (including phenoxy) is 1. The largest absolute Gasteiger partial charge is 0.512 e. The van der Waals surface area contributed by atoms with Crippen LogP contribution in [-0.2, 0) is 13.2 Å². The lowest BCUT2D eigenvalue weighted by Crippen LogP contribution is -2.12. The van der Waals surface area contributed by atoms with Crippen molar-refractivity contribution < 1.29 is 19.2 Å². The number of benzene rings is 1. The fourth-order valence-corrected chi connectivity index (χ4v) is 2.49. The van der Waals surface area contributed by atoms with Crippen molar-refractivity contribution in [3.05, 3.63) is 70.7 Å². The van der Waals surface area contributed by atoms with E-state index in [2.05, 4.69) is 5.16 Å². The van der Waals surface area contributed by atoms with Crippen LogP contribution in [0.1, 0.15) is 34.5 Å². The first kappa shape index (κ1) is 16.0. The Morgan fingerprint density at radius 3 is 2.83 bits per heavy atom. The summed E-state index contributed by atoms with van der Waals surface area (Å²) in [6.45, 7) is 0.263. The molecule has 3 rings (SSSR count). The van der Waals surface area contributed by atoms with Crippen molar-refractivity contribution in [2.45, 2.75) is 26.0 Å². The highest BCUT2D eigenvalue weighted by Gasteiger charge is 2.27. The van der Waals surface area contributed by atoms with Gasteiger partial charge in [-0.1, -0.05) is 42.5 Å². The molecule has 0 radical (unpaired) electrons. The molecular formula is C18H18N2O4. The van der Waals surface area contributed by atoms with Crippen LogP contribution in [0.3, 0.4) is 0 Å². The number of allylic oxidation sites excluding steroid dienone is 4. The van der Waals surface area contributed by atoms with Crippen molar-refractivity contribution in [2.24, 2.45) is 5.73 Å². The Morgan fingerprint density at radius 2 is 2.12 bits per heavy atom. The third kappa shape index (κ3) is 3.23. The summed E-state index contributed by atoms with van der Waals surface area (Å²) in [5.41, 5.74) is 6.97. The number of nitrogens with two attached hydrogens (primary N) is 1. The first-order valence-electron chi connectivity index (χ1n) is 7.69. The fourth-order valence-electron chi connectivity index (χ4n) is 2.49. The molecule has 0 saturated heterocycles.